The number of carbonyl (C=O) groups is 2. The van der Waals surface area contributed by atoms with E-state index < -0.39 is 18.6 Å². The summed E-state index contributed by atoms with van der Waals surface area (Å²) in [6, 6.07) is 3.99. The molecule has 1 rings (SSSR count). The number of anilines is 1. The van der Waals surface area contributed by atoms with Crippen LogP contribution in [0.1, 0.15) is 29.3 Å². The van der Waals surface area contributed by atoms with Crippen LogP contribution in [-0.2, 0) is 0 Å². The minimum Gasteiger partial charge on any atom is -0.343 e. The Labute approximate surface area is 132 Å². The number of carbonyl (C=O) groups excluding carboxylic acids is 2. The summed E-state index contributed by atoms with van der Waals surface area (Å²) in [5.74, 6) is -0.847. The van der Waals surface area contributed by atoms with E-state index >= 15 is 0 Å². The van der Waals surface area contributed by atoms with Crippen LogP contribution in [0, 0.1) is 6.92 Å². The molecule has 5 nitrogen and oxygen atoms in total. The van der Waals surface area contributed by atoms with Crippen LogP contribution < -0.4 is 10.6 Å². The average Bonchev–Trinajstić information content (AvgIpc) is 2.46. The third kappa shape index (κ3) is 6.17. The highest BCUT2D eigenvalue weighted by molar-refractivity contribution is 5.97. The molecule has 0 saturated carbocycles. The molecular formula is C15H20F3N3O2. The second-order valence-corrected chi connectivity index (χ2v) is 5.18. The van der Waals surface area contributed by atoms with Crippen LogP contribution in [0.4, 0.5) is 23.7 Å². The lowest BCUT2D eigenvalue weighted by molar-refractivity contribution is -0.123. The molecule has 0 aliphatic carbocycles. The zero-order chi connectivity index (χ0) is 17.6. The van der Waals surface area contributed by atoms with Gasteiger partial charge in [0.25, 0.3) is 5.91 Å². The molecule has 1 aromatic rings. The van der Waals surface area contributed by atoms with Crippen molar-refractivity contribution in [1.29, 1.82) is 0 Å². The third-order valence-electron chi connectivity index (χ3n) is 3.10. The molecule has 23 heavy (non-hydrogen) atoms. The van der Waals surface area contributed by atoms with E-state index in [1.165, 1.54) is 17.0 Å². The van der Waals surface area contributed by atoms with Crippen LogP contribution in [-0.4, -0.2) is 43.2 Å². The Morgan fingerprint density at radius 2 is 1.91 bits per heavy atom. The maximum atomic E-state index is 12.1. The van der Waals surface area contributed by atoms with Gasteiger partial charge < -0.3 is 15.5 Å². The summed E-state index contributed by atoms with van der Waals surface area (Å²) in [5, 5.41) is 4.44. The van der Waals surface area contributed by atoms with Crippen LogP contribution >= 0.6 is 0 Å². The highest BCUT2D eigenvalue weighted by Crippen LogP contribution is 2.18. The fourth-order valence-electron chi connectivity index (χ4n) is 1.83. The number of halogens is 3. The van der Waals surface area contributed by atoms with Gasteiger partial charge in [-0.1, -0.05) is 13.0 Å². The zero-order valence-corrected chi connectivity index (χ0v) is 13.3. The van der Waals surface area contributed by atoms with Gasteiger partial charge in [0.2, 0.25) is 0 Å². The Balaban J connectivity index is 2.83. The third-order valence-corrected chi connectivity index (χ3v) is 3.10. The number of rotatable bonds is 5. The number of hydrogen-bond donors (Lipinski definition) is 2. The molecule has 1 aromatic carbocycles. The highest BCUT2D eigenvalue weighted by Gasteiger charge is 2.28. The first-order valence-corrected chi connectivity index (χ1v) is 7.11. The van der Waals surface area contributed by atoms with E-state index in [1.807, 2.05) is 6.92 Å². The topological polar surface area (TPSA) is 61.4 Å². The van der Waals surface area contributed by atoms with Gasteiger partial charge in [-0.15, -0.1) is 0 Å². The highest BCUT2D eigenvalue weighted by atomic mass is 19.4. The minimum absolute atomic E-state index is 0.0493. The predicted octanol–water partition coefficient (Wildman–Crippen LogP) is 3.16. The molecule has 0 heterocycles. The van der Waals surface area contributed by atoms with Crippen molar-refractivity contribution in [3.63, 3.8) is 0 Å². The molecular weight excluding hydrogens is 311 g/mol. The normalized spacial score (nSPS) is 11.0. The molecule has 3 amide bonds. The summed E-state index contributed by atoms with van der Waals surface area (Å²) in [6.45, 7) is 2.82. The van der Waals surface area contributed by atoms with E-state index in [1.54, 1.807) is 25.4 Å². The summed E-state index contributed by atoms with van der Waals surface area (Å²) in [7, 11) is 1.63. The summed E-state index contributed by atoms with van der Waals surface area (Å²) >= 11 is 0. The van der Waals surface area contributed by atoms with Crippen molar-refractivity contribution in [2.75, 3.05) is 25.5 Å². The monoisotopic (exact) mass is 331 g/mol. The zero-order valence-electron chi connectivity index (χ0n) is 13.3. The Hall–Kier alpha value is -2.25. The van der Waals surface area contributed by atoms with E-state index in [-0.39, 0.29) is 11.6 Å². The van der Waals surface area contributed by atoms with Crippen molar-refractivity contribution < 1.29 is 22.8 Å². The van der Waals surface area contributed by atoms with Crippen molar-refractivity contribution in [2.45, 2.75) is 26.4 Å². The molecule has 0 radical (unpaired) electrons. The molecule has 0 aromatic heterocycles. The molecule has 0 fully saturated rings. The van der Waals surface area contributed by atoms with Gasteiger partial charge in [-0.2, -0.15) is 13.2 Å². The number of alkyl halides is 3. The lowest BCUT2D eigenvalue weighted by Crippen LogP contribution is -2.34. The van der Waals surface area contributed by atoms with Crippen molar-refractivity contribution in [3.8, 4) is 0 Å². The summed E-state index contributed by atoms with van der Waals surface area (Å²) in [5.41, 5.74) is 1.14. The van der Waals surface area contributed by atoms with Gasteiger partial charge in [-0.3, -0.25) is 4.79 Å². The standard InChI is InChI=1S/C15H20F3N3O2/c1-4-7-21(3)14(23)20-12-8-11(6-5-10(12)2)13(22)19-9-15(16,17)18/h5-6,8H,4,7,9H2,1-3H3,(H,19,22)(H,20,23). The molecule has 8 heteroatoms. The second-order valence-electron chi connectivity index (χ2n) is 5.18. The maximum absolute atomic E-state index is 12.1. The number of aryl methyl sites for hydroxylation is 1. The lowest BCUT2D eigenvalue weighted by atomic mass is 10.1. The Morgan fingerprint density at radius 3 is 2.48 bits per heavy atom. The van der Waals surface area contributed by atoms with Crippen molar-refractivity contribution in [1.82, 2.24) is 10.2 Å². The first-order chi connectivity index (χ1) is 10.6. The van der Waals surface area contributed by atoms with Crippen LogP contribution in [0.3, 0.4) is 0 Å². The van der Waals surface area contributed by atoms with Crippen molar-refractivity contribution in [2.24, 2.45) is 0 Å². The van der Waals surface area contributed by atoms with Gasteiger partial charge in [-0.25, -0.2) is 4.79 Å². The van der Waals surface area contributed by atoms with Gasteiger partial charge in [0.1, 0.15) is 6.54 Å². The van der Waals surface area contributed by atoms with E-state index in [2.05, 4.69) is 5.32 Å². The summed E-state index contributed by atoms with van der Waals surface area (Å²) < 4.78 is 36.4. The number of benzene rings is 1. The first kappa shape index (κ1) is 18.8. The van der Waals surface area contributed by atoms with Crippen molar-refractivity contribution in [3.05, 3.63) is 29.3 Å². The summed E-state index contributed by atoms with van der Waals surface area (Å²) in [4.78, 5) is 25.2. The number of amides is 3. The molecule has 0 spiro atoms. The SMILES string of the molecule is CCCN(C)C(=O)Nc1cc(C(=O)NCC(F)(F)F)ccc1C. The predicted molar refractivity (Wildman–Crippen MR) is 81.5 cm³/mol. The molecule has 0 bridgehead atoms. The van der Waals surface area contributed by atoms with Crippen molar-refractivity contribution >= 4 is 17.6 Å². The van der Waals surface area contributed by atoms with Crippen LogP contribution in [0.15, 0.2) is 18.2 Å². The number of hydrogen-bond acceptors (Lipinski definition) is 2. The maximum Gasteiger partial charge on any atom is 0.405 e. The molecule has 0 aliphatic heterocycles. The van der Waals surface area contributed by atoms with Gasteiger partial charge in [0.15, 0.2) is 0 Å². The largest absolute Gasteiger partial charge is 0.405 e. The minimum atomic E-state index is -4.47. The van der Waals surface area contributed by atoms with Gasteiger partial charge in [0.05, 0.1) is 0 Å². The van der Waals surface area contributed by atoms with Crippen LogP contribution in [0.25, 0.3) is 0 Å². The number of nitrogens with zero attached hydrogens (tertiary/aromatic N) is 1. The van der Waals surface area contributed by atoms with Crippen LogP contribution in [0.5, 0.6) is 0 Å². The first-order valence-electron chi connectivity index (χ1n) is 7.11. The molecule has 0 saturated heterocycles. The summed E-state index contributed by atoms with van der Waals surface area (Å²) in [6.07, 6.45) is -3.68. The molecule has 0 atom stereocenters. The number of urea groups is 1. The average molecular weight is 331 g/mol. The molecule has 128 valence electrons. The van der Waals surface area contributed by atoms with E-state index in [9.17, 15) is 22.8 Å². The van der Waals surface area contributed by atoms with Crippen LogP contribution in [0.2, 0.25) is 0 Å². The smallest absolute Gasteiger partial charge is 0.343 e. The Morgan fingerprint density at radius 1 is 1.26 bits per heavy atom. The molecule has 0 unspecified atom stereocenters. The fourth-order valence-corrected chi connectivity index (χ4v) is 1.83. The van der Waals surface area contributed by atoms with E-state index in [0.29, 0.717) is 17.8 Å². The number of nitrogens with one attached hydrogen (secondary N) is 2. The van der Waals surface area contributed by atoms with E-state index in [4.69, 9.17) is 0 Å². The Kier molecular flexibility index (Phi) is 6.41. The molecule has 2 N–H and O–H groups in total. The lowest BCUT2D eigenvalue weighted by Gasteiger charge is -2.18. The fraction of sp³-hybridized carbons (Fsp3) is 0.467. The Bertz CT molecular complexity index is 574. The molecule has 0 aliphatic rings. The quantitative estimate of drug-likeness (QED) is 0.871. The van der Waals surface area contributed by atoms with E-state index in [0.717, 1.165) is 6.42 Å². The van der Waals surface area contributed by atoms with Gasteiger partial charge in [0, 0.05) is 24.8 Å². The van der Waals surface area contributed by atoms with Gasteiger partial charge >= 0.3 is 12.2 Å². The van der Waals surface area contributed by atoms with Gasteiger partial charge in [-0.05, 0) is 31.0 Å². The second kappa shape index (κ2) is 7.85.